The first kappa shape index (κ1) is 22.3. The molecule has 0 spiro atoms. The van der Waals surface area contributed by atoms with Gasteiger partial charge in [-0.05, 0) is 62.8 Å². The summed E-state index contributed by atoms with van der Waals surface area (Å²) in [4.78, 5) is 0. The number of rotatable bonds is 10. The van der Waals surface area contributed by atoms with Crippen LogP contribution in [0.15, 0.2) is 12.1 Å². The molecule has 1 aromatic carbocycles. The van der Waals surface area contributed by atoms with Crippen molar-refractivity contribution in [2.24, 2.45) is 0 Å². The molecule has 1 rings (SSSR count). The van der Waals surface area contributed by atoms with Crippen LogP contribution in [0.1, 0.15) is 101 Å². The fraction of sp³-hybridized carbons (Fsp3) is 0.600. The average molecular weight is 353 g/mol. The Morgan fingerprint density at radius 1 is 0.846 bits per heavy atom. The minimum absolute atomic E-state index is 0.981. The summed E-state index contributed by atoms with van der Waals surface area (Å²) in [6.07, 6.45) is 17.6. The van der Waals surface area contributed by atoms with Crippen molar-refractivity contribution in [3.63, 3.8) is 0 Å². The molecule has 1 N–H and O–H groups in total. The lowest BCUT2D eigenvalue weighted by atomic mass is 9.92. The summed E-state index contributed by atoms with van der Waals surface area (Å²) in [7, 11) is 0. The Bertz CT molecular complexity index is 644. The Balaban J connectivity index is 3.08. The van der Waals surface area contributed by atoms with Gasteiger partial charge in [-0.2, -0.15) is 0 Å². The van der Waals surface area contributed by atoms with Crippen LogP contribution in [0.25, 0.3) is 0 Å². The van der Waals surface area contributed by atoms with Gasteiger partial charge < -0.3 is 5.11 Å². The van der Waals surface area contributed by atoms with Gasteiger partial charge in [0, 0.05) is 11.1 Å². The minimum Gasteiger partial charge on any atom is -0.378 e. The summed E-state index contributed by atoms with van der Waals surface area (Å²) in [5.41, 5.74) is 3.52. The van der Waals surface area contributed by atoms with E-state index in [0.29, 0.717) is 0 Å². The van der Waals surface area contributed by atoms with Gasteiger partial charge in [0.15, 0.2) is 0 Å². The number of hydrogen-bond donors (Lipinski definition) is 1. The largest absolute Gasteiger partial charge is 0.378 e. The lowest BCUT2D eigenvalue weighted by Crippen LogP contribution is -2.14. The molecule has 0 saturated heterocycles. The van der Waals surface area contributed by atoms with Gasteiger partial charge in [-0.1, -0.05) is 70.1 Å². The molecule has 0 aliphatic rings. The van der Waals surface area contributed by atoms with Crippen LogP contribution in [-0.2, 0) is 12.8 Å². The fourth-order valence-electron chi connectivity index (χ4n) is 3.06. The third-order valence-electron chi connectivity index (χ3n) is 4.59. The summed E-state index contributed by atoms with van der Waals surface area (Å²) < 4.78 is 0. The Morgan fingerprint density at radius 3 is 1.81 bits per heavy atom. The lowest BCUT2D eigenvalue weighted by Gasteiger charge is -2.12. The van der Waals surface area contributed by atoms with Gasteiger partial charge in [-0.15, -0.1) is 6.42 Å². The smallest absolute Gasteiger partial charge is 0.120 e. The molecule has 0 fully saturated rings. The van der Waals surface area contributed by atoms with Crippen molar-refractivity contribution in [3.8, 4) is 24.2 Å². The summed E-state index contributed by atoms with van der Waals surface area (Å²) in [6, 6.07) is 4.34. The van der Waals surface area contributed by atoms with E-state index in [2.05, 4.69) is 43.7 Å². The third kappa shape index (κ3) is 8.60. The quantitative estimate of drug-likeness (QED) is 0.402. The molecule has 0 amide bonds. The van der Waals surface area contributed by atoms with Crippen molar-refractivity contribution in [1.29, 1.82) is 0 Å². The molecular weight excluding hydrogens is 316 g/mol. The SMILES string of the molecule is C#Cc1cc(CCCCCC)c(C#CC(C)(C)O)cc1CCCCCC. The zero-order valence-electron chi connectivity index (χ0n) is 17.3. The highest BCUT2D eigenvalue weighted by Crippen LogP contribution is 2.21. The number of terminal acetylenes is 1. The monoisotopic (exact) mass is 352 g/mol. The Hall–Kier alpha value is -1.70. The van der Waals surface area contributed by atoms with Gasteiger partial charge in [0.05, 0.1) is 0 Å². The number of hydrogen-bond acceptors (Lipinski definition) is 1. The van der Waals surface area contributed by atoms with E-state index in [1.165, 1.54) is 49.7 Å². The van der Waals surface area contributed by atoms with Crippen molar-refractivity contribution in [3.05, 3.63) is 34.4 Å². The molecule has 0 atom stereocenters. The molecule has 26 heavy (non-hydrogen) atoms. The number of aryl methyl sites for hydroxylation is 2. The highest BCUT2D eigenvalue weighted by molar-refractivity contribution is 5.52. The van der Waals surface area contributed by atoms with Crippen molar-refractivity contribution in [2.75, 3.05) is 0 Å². The molecule has 0 bridgehead atoms. The number of aliphatic hydroxyl groups is 1. The van der Waals surface area contributed by atoms with Crippen LogP contribution in [0.5, 0.6) is 0 Å². The Kier molecular flexibility index (Phi) is 10.2. The average Bonchev–Trinajstić information content (AvgIpc) is 2.60. The molecule has 0 radical (unpaired) electrons. The van der Waals surface area contributed by atoms with Crippen LogP contribution in [0, 0.1) is 24.2 Å². The lowest BCUT2D eigenvalue weighted by molar-refractivity contribution is 0.143. The summed E-state index contributed by atoms with van der Waals surface area (Å²) in [6.45, 7) is 7.90. The Morgan fingerprint density at radius 2 is 1.35 bits per heavy atom. The van der Waals surface area contributed by atoms with Crippen molar-refractivity contribution in [2.45, 2.75) is 97.5 Å². The van der Waals surface area contributed by atoms with E-state index in [-0.39, 0.29) is 0 Å². The van der Waals surface area contributed by atoms with E-state index in [1.807, 2.05) is 0 Å². The van der Waals surface area contributed by atoms with Crippen LogP contribution < -0.4 is 0 Å². The minimum atomic E-state index is -0.981. The van der Waals surface area contributed by atoms with Crippen LogP contribution in [-0.4, -0.2) is 10.7 Å². The molecule has 142 valence electrons. The molecule has 0 aromatic heterocycles. The first-order valence-corrected chi connectivity index (χ1v) is 10.3. The Labute approximate surface area is 161 Å². The van der Waals surface area contributed by atoms with Crippen LogP contribution in [0.4, 0.5) is 0 Å². The fourth-order valence-corrected chi connectivity index (χ4v) is 3.06. The third-order valence-corrected chi connectivity index (χ3v) is 4.59. The normalized spacial score (nSPS) is 10.9. The molecule has 1 nitrogen and oxygen atoms in total. The van der Waals surface area contributed by atoms with Gasteiger partial charge >= 0.3 is 0 Å². The maximum Gasteiger partial charge on any atom is 0.120 e. The molecule has 0 heterocycles. The summed E-state index contributed by atoms with van der Waals surface area (Å²) in [5.74, 6) is 9.07. The molecule has 0 aliphatic carbocycles. The van der Waals surface area contributed by atoms with Gasteiger partial charge in [-0.3, -0.25) is 0 Å². The maximum atomic E-state index is 9.98. The summed E-state index contributed by atoms with van der Waals surface area (Å²) in [5, 5.41) is 9.98. The predicted octanol–water partition coefficient (Wildman–Crippen LogP) is 6.04. The highest BCUT2D eigenvalue weighted by atomic mass is 16.3. The molecule has 0 unspecified atom stereocenters. The maximum absolute atomic E-state index is 9.98. The van der Waals surface area contributed by atoms with Gasteiger partial charge in [0.1, 0.15) is 5.60 Å². The van der Waals surface area contributed by atoms with Gasteiger partial charge in [0.2, 0.25) is 0 Å². The number of unbranched alkanes of at least 4 members (excludes halogenated alkanes) is 6. The number of benzene rings is 1. The molecular formula is C25H36O. The highest BCUT2D eigenvalue weighted by Gasteiger charge is 2.10. The zero-order valence-corrected chi connectivity index (χ0v) is 17.3. The molecule has 0 saturated carbocycles. The zero-order chi connectivity index (χ0) is 19.4. The van der Waals surface area contributed by atoms with E-state index in [1.54, 1.807) is 13.8 Å². The van der Waals surface area contributed by atoms with E-state index in [9.17, 15) is 5.11 Å². The second-order valence-electron chi connectivity index (χ2n) is 7.74. The van der Waals surface area contributed by atoms with Crippen LogP contribution in [0.3, 0.4) is 0 Å². The van der Waals surface area contributed by atoms with E-state index in [0.717, 1.165) is 36.8 Å². The van der Waals surface area contributed by atoms with Crippen LogP contribution in [0.2, 0.25) is 0 Å². The summed E-state index contributed by atoms with van der Waals surface area (Å²) >= 11 is 0. The van der Waals surface area contributed by atoms with Crippen LogP contribution >= 0.6 is 0 Å². The van der Waals surface area contributed by atoms with E-state index in [4.69, 9.17) is 6.42 Å². The van der Waals surface area contributed by atoms with Crippen molar-refractivity contribution in [1.82, 2.24) is 0 Å². The topological polar surface area (TPSA) is 20.2 Å². The van der Waals surface area contributed by atoms with Gasteiger partial charge in [0.25, 0.3) is 0 Å². The predicted molar refractivity (Wildman–Crippen MR) is 113 cm³/mol. The first-order chi connectivity index (χ1) is 12.4. The molecule has 1 aromatic rings. The van der Waals surface area contributed by atoms with Crippen molar-refractivity contribution >= 4 is 0 Å². The standard InChI is InChI=1S/C25H36O/c1-6-9-11-13-15-22-20-24(17-18-25(4,5)26)23(19-21(22)8-3)16-14-12-10-7-2/h3,19-20,26H,6-7,9-16H2,1-2,4-5H3. The first-order valence-electron chi connectivity index (χ1n) is 10.3. The molecule has 1 heteroatoms. The van der Waals surface area contributed by atoms with E-state index >= 15 is 0 Å². The molecule has 0 aliphatic heterocycles. The second-order valence-corrected chi connectivity index (χ2v) is 7.74. The second kappa shape index (κ2) is 11.8. The van der Waals surface area contributed by atoms with Gasteiger partial charge in [-0.25, -0.2) is 0 Å². The van der Waals surface area contributed by atoms with E-state index < -0.39 is 5.60 Å². The van der Waals surface area contributed by atoms with Crippen molar-refractivity contribution < 1.29 is 5.11 Å².